The molecule has 1 aromatic carbocycles. The van der Waals surface area contributed by atoms with Crippen LogP contribution in [0.1, 0.15) is 11.9 Å². The molecule has 1 fully saturated rings. The van der Waals surface area contributed by atoms with Gasteiger partial charge in [0.15, 0.2) is 4.31 Å². The molecule has 1 heterocycles. The molecule has 0 radical (unpaired) electrons. The molecule has 0 amide bonds. The Kier molecular flexibility index (Phi) is 2.96. The van der Waals surface area contributed by atoms with Gasteiger partial charge in [0.25, 0.3) is 6.29 Å². The Morgan fingerprint density at radius 1 is 1.00 bits per heavy atom. The summed E-state index contributed by atoms with van der Waals surface area (Å²) in [6.07, 6.45) is -0.878. The smallest absolute Gasteiger partial charge is 0.0738 e. The van der Waals surface area contributed by atoms with Crippen LogP contribution in [0.3, 0.4) is 0 Å². The van der Waals surface area contributed by atoms with Crippen molar-refractivity contribution in [3.05, 3.63) is 35.9 Å². The van der Waals surface area contributed by atoms with Crippen molar-refractivity contribution in [1.82, 2.24) is 0 Å². The lowest BCUT2D eigenvalue weighted by molar-refractivity contribution is -0.0174. The van der Waals surface area contributed by atoms with Crippen molar-refractivity contribution in [1.29, 1.82) is 0 Å². The fourth-order valence-electron chi connectivity index (χ4n) is 1.00. The standard InChI is InChI=1S/C7H6O5P2/c8-13-10-7(11-14(9)12-13)6-4-2-1-3-5-6/h1-5,7H/q+2. The first-order valence-electron chi connectivity index (χ1n) is 3.77. The third-order valence-corrected chi connectivity index (χ3v) is 3.36. The van der Waals surface area contributed by atoms with E-state index >= 15 is 0 Å². The minimum absolute atomic E-state index is 0.655. The van der Waals surface area contributed by atoms with Crippen molar-refractivity contribution in [2.24, 2.45) is 0 Å². The topological polar surface area (TPSA) is 61.8 Å². The van der Waals surface area contributed by atoms with E-state index in [4.69, 9.17) is 9.05 Å². The van der Waals surface area contributed by atoms with Crippen LogP contribution in [0.25, 0.3) is 0 Å². The van der Waals surface area contributed by atoms with Crippen LogP contribution < -0.4 is 0 Å². The molecule has 0 aliphatic carbocycles. The van der Waals surface area contributed by atoms with Crippen LogP contribution in [0.4, 0.5) is 0 Å². The van der Waals surface area contributed by atoms with Crippen molar-refractivity contribution in [3.63, 3.8) is 0 Å². The van der Waals surface area contributed by atoms with E-state index in [-0.39, 0.29) is 0 Å². The van der Waals surface area contributed by atoms with Gasteiger partial charge in [0.05, 0.1) is 0 Å². The largest absolute Gasteiger partial charge is 0.751 e. The molecule has 0 N–H and O–H groups in total. The molecule has 5 nitrogen and oxygen atoms in total. The molecule has 14 heavy (non-hydrogen) atoms. The van der Waals surface area contributed by atoms with Crippen LogP contribution in [0.15, 0.2) is 30.3 Å². The lowest BCUT2D eigenvalue weighted by Gasteiger charge is -2.04. The second-order valence-electron chi connectivity index (χ2n) is 2.48. The van der Waals surface area contributed by atoms with Crippen LogP contribution >= 0.6 is 16.5 Å². The minimum Gasteiger partial charge on any atom is -0.0738 e. The maximum Gasteiger partial charge on any atom is 0.751 e. The normalized spacial score (nSPS) is 27.6. The molecule has 1 aromatic rings. The van der Waals surface area contributed by atoms with Gasteiger partial charge in [0.2, 0.25) is 0 Å². The highest BCUT2D eigenvalue weighted by Gasteiger charge is 2.52. The summed E-state index contributed by atoms with van der Waals surface area (Å²) in [6, 6.07) is 8.82. The zero-order chi connectivity index (χ0) is 9.97. The lowest BCUT2D eigenvalue weighted by Crippen LogP contribution is -2.04. The summed E-state index contributed by atoms with van der Waals surface area (Å²) in [5.41, 5.74) is 0.655. The molecule has 72 valence electrons. The molecule has 0 saturated carbocycles. The summed E-state index contributed by atoms with van der Waals surface area (Å²) in [4.78, 5) is 0. The molecule has 1 saturated heterocycles. The molecular formula is C7H6O5P2+2. The lowest BCUT2D eigenvalue weighted by atomic mass is 10.2. The third-order valence-electron chi connectivity index (χ3n) is 1.57. The zero-order valence-electron chi connectivity index (χ0n) is 6.90. The van der Waals surface area contributed by atoms with Crippen LogP contribution in [0.2, 0.25) is 0 Å². The SMILES string of the molecule is O=[P+]1OC(c2ccccc2)O[P+](=O)O1. The van der Waals surface area contributed by atoms with E-state index in [1.165, 1.54) is 0 Å². The summed E-state index contributed by atoms with van der Waals surface area (Å²) in [6.45, 7) is 0. The molecule has 0 bridgehead atoms. The summed E-state index contributed by atoms with van der Waals surface area (Å²) in [5.74, 6) is 0. The van der Waals surface area contributed by atoms with Gasteiger partial charge >= 0.3 is 16.5 Å². The van der Waals surface area contributed by atoms with Crippen molar-refractivity contribution in [2.45, 2.75) is 6.29 Å². The van der Waals surface area contributed by atoms with Crippen molar-refractivity contribution >= 4 is 16.5 Å². The fraction of sp³-hybridized carbons (Fsp3) is 0.143. The first kappa shape index (κ1) is 9.84. The van der Waals surface area contributed by atoms with Crippen LogP contribution in [0.5, 0.6) is 0 Å². The van der Waals surface area contributed by atoms with E-state index in [1.54, 1.807) is 24.3 Å². The summed E-state index contributed by atoms with van der Waals surface area (Å²) < 4.78 is 35.8. The predicted molar refractivity (Wildman–Crippen MR) is 47.7 cm³/mol. The van der Waals surface area contributed by atoms with Gasteiger partial charge in [-0.1, -0.05) is 39.4 Å². The van der Waals surface area contributed by atoms with Gasteiger partial charge in [-0.05, 0) is 0 Å². The van der Waals surface area contributed by atoms with Crippen LogP contribution in [-0.4, -0.2) is 0 Å². The molecular weight excluding hydrogens is 226 g/mol. The second kappa shape index (κ2) is 4.22. The molecule has 1 aliphatic rings. The van der Waals surface area contributed by atoms with Gasteiger partial charge in [-0.3, -0.25) is 0 Å². The van der Waals surface area contributed by atoms with Gasteiger partial charge in [0, 0.05) is 14.7 Å². The third kappa shape index (κ3) is 2.21. The van der Waals surface area contributed by atoms with Gasteiger partial charge in [0.1, 0.15) is 0 Å². The first-order valence-corrected chi connectivity index (χ1v) is 5.96. The van der Waals surface area contributed by atoms with E-state index in [0.29, 0.717) is 5.56 Å². The average molecular weight is 232 g/mol. The Morgan fingerprint density at radius 2 is 1.57 bits per heavy atom. The monoisotopic (exact) mass is 232 g/mol. The summed E-state index contributed by atoms with van der Waals surface area (Å²) >= 11 is 0. The number of hydrogen-bond donors (Lipinski definition) is 0. The highest BCUT2D eigenvalue weighted by molar-refractivity contribution is 7.48. The molecule has 7 heteroatoms. The van der Waals surface area contributed by atoms with E-state index in [0.717, 1.165) is 0 Å². The van der Waals surface area contributed by atoms with Crippen LogP contribution in [-0.2, 0) is 22.5 Å². The second-order valence-corrected chi connectivity index (χ2v) is 4.45. The Bertz CT molecular complexity index is 350. The van der Waals surface area contributed by atoms with Crippen molar-refractivity contribution < 1.29 is 22.5 Å². The molecule has 2 atom stereocenters. The highest BCUT2D eigenvalue weighted by Crippen LogP contribution is 2.52. The fourth-order valence-corrected chi connectivity index (χ4v) is 2.45. The quantitative estimate of drug-likeness (QED) is 0.696. The molecule has 1 aliphatic heterocycles. The zero-order valence-corrected chi connectivity index (χ0v) is 8.69. The molecule has 2 rings (SSSR count). The predicted octanol–water partition coefficient (Wildman–Crippen LogP) is 3.06. The van der Waals surface area contributed by atoms with Gasteiger partial charge in [-0.2, -0.15) is 0 Å². The van der Waals surface area contributed by atoms with E-state index in [1.807, 2.05) is 6.07 Å². The Morgan fingerprint density at radius 3 is 2.14 bits per heavy atom. The minimum atomic E-state index is -2.35. The first-order chi connectivity index (χ1) is 6.75. The van der Waals surface area contributed by atoms with E-state index in [9.17, 15) is 9.13 Å². The molecule has 2 unspecified atom stereocenters. The number of hydrogen-bond acceptors (Lipinski definition) is 5. The maximum atomic E-state index is 10.9. The summed E-state index contributed by atoms with van der Waals surface area (Å²) in [5, 5.41) is 0. The van der Waals surface area contributed by atoms with Gasteiger partial charge < -0.3 is 0 Å². The Balaban J connectivity index is 2.19. The van der Waals surface area contributed by atoms with Crippen molar-refractivity contribution in [2.75, 3.05) is 0 Å². The Labute approximate surface area is 81.9 Å². The molecule has 0 aromatic heterocycles. The van der Waals surface area contributed by atoms with Gasteiger partial charge in [-0.25, -0.2) is 0 Å². The summed E-state index contributed by atoms with van der Waals surface area (Å²) in [7, 11) is -4.71. The average Bonchev–Trinajstić information content (AvgIpc) is 2.18. The number of benzene rings is 1. The van der Waals surface area contributed by atoms with E-state index in [2.05, 4.69) is 4.31 Å². The van der Waals surface area contributed by atoms with E-state index < -0.39 is 22.8 Å². The number of rotatable bonds is 1. The van der Waals surface area contributed by atoms with Gasteiger partial charge in [-0.15, -0.1) is 0 Å². The Hall–Kier alpha value is -0.700. The molecule has 0 spiro atoms. The highest BCUT2D eigenvalue weighted by atomic mass is 31.2. The maximum absolute atomic E-state index is 10.9. The van der Waals surface area contributed by atoms with Crippen molar-refractivity contribution in [3.8, 4) is 0 Å². The van der Waals surface area contributed by atoms with Crippen LogP contribution in [0, 0.1) is 0 Å².